The van der Waals surface area contributed by atoms with Gasteiger partial charge in [-0.25, -0.2) is 4.98 Å². The molecule has 0 radical (unpaired) electrons. The van der Waals surface area contributed by atoms with E-state index < -0.39 is 17.4 Å². The molecular formula is C12H13N5O2. The quantitative estimate of drug-likeness (QED) is 0.674. The van der Waals surface area contributed by atoms with Crippen LogP contribution in [0.15, 0.2) is 12.3 Å². The molecule has 0 unspecified atom stereocenters. The molecule has 0 spiro atoms. The number of pyridine rings is 1. The summed E-state index contributed by atoms with van der Waals surface area (Å²) in [6, 6.07) is 3.40. The third kappa shape index (κ3) is 2.08. The van der Waals surface area contributed by atoms with E-state index in [0.717, 1.165) is 0 Å². The number of nitrogens with zero attached hydrogens (tertiary/aromatic N) is 3. The molecule has 1 fully saturated rings. The van der Waals surface area contributed by atoms with E-state index in [4.69, 9.17) is 11.0 Å². The van der Waals surface area contributed by atoms with Crippen molar-refractivity contribution in [2.75, 3.05) is 17.2 Å². The Balaban J connectivity index is 2.48. The molecule has 1 aromatic heterocycles. The first-order valence-electron chi connectivity index (χ1n) is 5.64. The molecule has 0 aliphatic carbocycles. The molecule has 19 heavy (non-hydrogen) atoms. The molecule has 1 aliphatic heterocycles. The average Bonchev–Trinajstić information content (AvgIpc) is 2.34. The summed E-state index contributed by atoms with van der Waals surface area (Å²) in [6.45, 7) is 3.34. The van der Waals surface area contributed by atoms with Crippen LogP contribution in [0.25, 0.3) is 0 Å². The monoisotopic (exact) mass is 259 g/mol. The van der Waals surface area contributed by atoms with Crippen LogP contribution in [-0.4, -0.2) is 28.9 Å². The Kier molecular flexibility index (Phi) is 2.86. The first-order chi connectivity index (χ1) is 8.86. The molecule has 7 nitrogen and oxygen atoms in total. The largest absolute Gasteiger partial charge is 0.396 e. The highest BCUT2D eigenvalue weighted by Crippen LogP contribution is 2.29. The van der Waals surface area contributed by atoms with Crippen molar-refractivity contribution in [1.29, 1.82) is 5.26 Å². The Morgan fingerprint density at radius 3 is 2.79 bits per heavy atom. The van der Waals surface area contributed by atoms with Gasteiger partial charge in [-0.15, -0.1) is 0 Å². The Morgan fingerprint density at radius 1 is 1.53 bits per heavy atom. The Bertz CT molecular complexity index is 603. The predicted octanol–water partition coefficient (Wildman–Crippen LogP) is -0.223. The van der Waals surface area contributed by atoms with E-state index in [1.54, 1.807) is 13.8 Å². The van der Waals surface area contributed by atoms with E-state index in [9.17, 15) is 9.59 Å². The molecule has 2 heterocycles. The number of hydrogen-bond acceptors (Lipinski definition) is 6. The molecule has 0 aromatic carbocycles. The lowest BCUT2D eigenvalue weighted by atomic mass is 9.98. The fourth-order valence-electron chi connectivity index (χ4n) is 1.88. The number of nitriles is 1. The van der Waals surface area contributed by atoms with Gasteiger partial charge >= 0.3 is 0 Å². The van der Waals surface area contributed by atoms with Gasteiger partial charge in [0, 0.05) is 6.20 Å². The highest BCUT2D eigenvalue weighted by molar-refractivity contribution is 6.07. The van der Waals surface area contributed by atoms with E-state index in [1.165, 1.54) is 17.2 Å². The second kappa shape index (κ2) is 4.24. The number of anilines is 2. The maximum absolute atomic E-state index is 11.8. The zero-order chi connectivity index (χ0) is 14.2. The number of piperazine rings is 1. The molecule has 1 saturated heterocycles. The summed E-state index contributed by atoms with van der Waals surface area (Å²) in [5.41, 5.74) is 5.48. The summed E-state index contributed by atoms with van der Waals surface area (Å²) in [4.78, 5) is 29.0. The minimum absolute atomic E-state index is 0.0121. The molecule has 2 amide bonds. The van der Waals surface area contributed by atoms with Gasteiger partial charge in [0.25, 0.3) is 5.91 Å². The van der Waals surface area contributed by atoms with Crippen molar-refractivity contribution >= 4 is 23.3 Å². The summed E-state index contributed by atoms with van der Waals surface area (Å²) >= 11 is 0. The van der Waals surface area contributed by atoms with Crippen molar-refractivity contribution in [2.45, 2.75) is 19.4 Å². The fraction of sp³-hybridized carbons (Fsp3) is 0.333. The summed E-state index contributed by atoms with van der Waals surface area (Å²) in [5.74, 6) is -0.489. The maximum atomic E-state index is 11.8. The van der Waals surface area contributed by atoms with Crippen LogP contribution in [0.2, 0.25) is 0 Å². The Hall–Kier alpha value is -2.62. The zero-order valence-corrected chi connectivity index (χ0v) is 10.6. The number of nitrogens with one attached hydrogen (secondary N) is 1. The van der Waals surface area contributed by atoms with Gasteiger partial charge in [-0.1, -0.05) is 0 Å². The molecule has 0 saturated carbocycles. The number of aromatic nitrogens is 1. The molecular weight excluding hydrogens is 246 g/mol. The van der Waals surface area contributed by atoms with Gasteiger partial charge < -0.3 is 10.6 Å². The van der Waals surface area contributed by atoms with E-state index in [1.807, 2.05) is 6.07 Å². The van der Waals surface area contributed by atoms with Crippen LogP contribution in [-0.2, 0) is 9.59 Å². The van der Waals surface area contributed by atoms with Crippen LogP contribution >= 0.6 is 0 Å². The lowest BCUT2D eigenvalue weighted by molar-refractivity contribution is -0.135. The van der Waals surface area contributed by atoms with Crippen LogP contribution in [0.3, 0.4) is 0 Å². The van der Waals surface area contributed by atoms with Crippen molar-refractivity contribution < 1.29 is 9.59 Å². The number of nitrogen functional groups attached to an aromatic ring is 1. The van der Waals surface area contributed by atoms with Crippen LogP contribution in [0.4, 0.5) is 11.5 Å². The van der Waals surface area contributed by atoms with Gasteiger partial charge in [0.1, 0.15) is 11.6 Å². The minimum Gasteiger partial charge on any atom is -0.396 e. The molecule has 1 aromatic rings. The van der Waals surface area contributed by atoms with E-state index in [0.29, 0.717) is 11.4 Å². The highest BCUT2D eigenvalue weighted by atomic mass is 16.2. The third-order valence-electron chi connectivity index (χ3n) is 3.07. The van der Waals surface area contributed by atoms with Crippen molar-refractivity contribution in [3.63, 3.8) is 0 Å². The number of carbonyl (C=O) groups excluding carboxylic acids is 2. The van der Waals surface area contributed by atoms with Crippen LogP contribution in [0, 0.1) is 11.3 Å². The van der Waals surface area contributed by atoms with Gasteiger partial charge in [-0.3, -0.25) is 14.9 Å². The third-order valence-corrected chi connectivity index (χ3v) is 3.07. The lowest BCUT2D eigenvalue weighted by Crippen LogP contribution is -2.64. The summed E-state index contributed by atoms with van der Waals surface area (Å²) in [5, 5.41) is 11.0. The van der Waals surface area contributed by atoms with Gasteiger partial charge in [-0.2, -0.15) is 5.26 Å². The standard InChI is InChI=1S/C12H13N5O2/c1-12(2)11(19)16-9(18)6-17(12)10-8(14)3-7(4-13)5-15-10/h3,5H,6,14H2,1-2H3,(H,16,18,19). The van der Waals surface area contributed by atoms with Crippen molar-refractivity contribution in [3.8, 4) is 6.07 Å². The first kappa shape index (κ1) is 12.8. The molecule has 98 valence electrons. The average molecular weight is 259 g/mol. The number of nitrogens with two attached hydrogens (primary N) is 1. The topological polar surface area (TPSA) is 112 Å². The first-order valence-corrected chi connectivity index (χ1v) is 5.64. The zero-order valence-electron chi connectivity index (χ0n) is 10.6. The number of amides is 2. The minimum atomic E-state index is -0.941. The second-order valence-electron chi connectivity index (χ2n) is 4.77. The molecule has 1 aliphatic rings. The van der Waals surface area contributed by atoms with Gasteiger partial charge in [0.2, 0.25) is 5.91 Å². The molecule has 0 bridgehead atoms. The van der Waals surface area contributed by atoms with Crippen LogP contribution in [0.5, 0.6) is 0 Å². The van der Waals surface area contributed by atoms with Gasteiger partial charge in [-0.05, 0) is 19.9 Å². The summed E-state index contributed by atoms with van der Waals surface area (Å²) < 4.78 is 0. The second-order valence-corrected chi connectivity index (χ2v) is 4.77. The summed E-state index contributed by atoms with van der Waals surface area (Å²) in [7, 11) is 0. The number of rotatable bonds is 1. The number of hydrogen-bond donors (Lipinski definition) is 2. The highest BCUT2D eigenvalue weighted by Gasteiger charge is 2.42. The normalized spacial score (nSPS) is 17.8. The predicted molar refractivity (Wildman–Crippen MR) is 67.9 cm³/mol. The van der Waals surface area contributed by atoms with Crippen LogP contribution < -0.4 is 16.0 Å². The van der Waals surface area contributed by atoms with Gasteiger partial charge in [0.15, 0.2) is 5.82 Å². The summed E-state index contributed by atoms with van der Waals surface area (Å²) in [6.07, 6.45) is 1.36. The van der Waals surface area contributed by atoms with Crippen molar-refractivity contribution in [3.05, 3.63) is 17.8 Å². The molecule has 2 rings (SSSR count). The smallest absolute Gasteiger partial charge is 0.251 e. The molecule has 3 N–H and O–H groups in total. The molecule has 7 heteroatoms. The maximum Gasteiger partial charge on any atom is 0.251 e. The number of imide groups is 1. The Morgan fingerprint density at radius 2 is 2.21 bits per heavy atom. The fourth-order valence-corrected chi connectivity index (χ4v) is 1.88. The van der Waals surface area contributed by atoms with Crippen molar-refractivity contribution in [2.24, 2.45) is 0 Å². The van der Waals surface area contributed by atoms with E-state index >= 15 is 0 Å². The Labute approximate surface area is 110 Å². The molecule has 0 atom stereocenters. The number of carbonyl (C=O) groups is 2. The van der Waals surface area contributed by atoms with Gasteiger partial charge in [0.05, 0.1) is 17.8 Å². The van der Waals surface area contributed by atoms with Crippen LogP contribution in [0.1, 0.15) is 19.4 Å². The lowest BCUT2D eigenvalue weighted by Gasteiger charge is -2.41. The SMILES string of the molecule is CC1(C)C(=O)NC(=O)CN1c1ncc(C#N)cc1N. The van der Waals surface area contributed by atoms with Crippen molar-refractivity contribution in [1.82, 2.24) is 10.3 Å². The van der Waals surface area contributed by atoms with E-state index in [2.05, 4.69) is 10.3 Å². The van der Waals surface area contributed by atoms with E-state index in [-0.39, 0.29) is 12.2 Å².